The van der Waals surface area contributed by atoms with Crippen LogP contribution in [0.15, 0.2) is 48.7 Å². The molecule has 33 heavy (non-hydrogen) atoms. The zero-order chi connectivity index (χ0) is 24.0. The van der Waals surface area contributed by atoms with Gasteiger partial charge in [-0.2, -0.15) is 0 Å². The maximum Gasteiger partial charge on any atom is 0.137 e. The highest BCUT2D eigenvalue weighted by Gasteiger charge is 2.24. The molecule has 0 amide bonds. The maximum atomic E-state index is 15.4. The number of aryl methyl sites for hydroxylation is 1. The summed E-state index contributed by atoms with van der Waals surface area (Å²) in [5.41, 5.74) is 4.06. The number of ether oxygens (including phenoxy) is 1. The fourth-order valence-corrected chi connectivity index (χ4v) is 4.02. The molecule has 0 spiro atoms. The molecule has 176 valence electrons. The predicted molar refractivity (Wildman–Crippen MR) is 132 cm³/mol. The van der Waals surface area contributed by atoms with E-state index in [1.807, 2.05) is 61.7 Å². The smallest absolute Gasteiger partial charge is 0.137 e. The lowest BCUT2D eigenvalue weighted by atomic mass is 9.99. The first-order valence-corrected chi connectivity index (χ1v) is 11.8. The summed E-state index contributed by atoms with van der Waals surface area (Å²) < 4.78 is 38.8. The van der Waals surface area contributed by atoms with Crippen molar-refractivity contribution in [2.45, 2.75) is 66.4 Å². The number of imidazole rings is 1. The van der Waals surface area contributed by atoms with Gasteiger partial charge in [-0.05, 0) is 74.6 Å². The number of pyridine rings is 1. The highest BCUT2D eigenvalue weighted by atomic mass is 19.1. The molecule has 0 fully saturated rings. The summed E-state index contributed by atoms with van der Waals surface area (Å²) >= 11 is 0. The highest BCUT2D eigenvalue weighted by molar-refractivity contribution is 5.73. The molecule has 2 aromatic heterocycles. The normalized spacial score (nSPS) is 13.4. The highest BCUT2D eigenvalue weighted by Crippen LogP contribution is 2.33. The molecule has 1 atom stereocenters. The minimum Gasteiger partial charge on any atom is -0.378 e. The van der Waals surface area contributed by atoms with Crippen LogP contribution in [0.2, 0.25) is 0 Å². The van der Waals surface area contributed by atoms with Crippen molar-refractivity contribution in [2.24, 2.45) is 0 Å². The molecule has 1 unspecified atom stereocenters. The number of nitrogens with zero attached hydrogens (tertiary/aromatic N) is 2. The van der Waals surface area contributed by atoms with Gasteiger partial charge in [0.2, 0.25) is 0 Å². The van der Waals surface area contributed by atoms with E-state index in [-0.39, 0.29) is 11.7 Å². The van der Waals surface area contributed by atoms with E-state index in [4.69, 9.17) is 4.74 Å². The third-order valence-corrected chi connectivity index (χ3v) is 5.74. The number of hydrogen-bond donors (Lipinski definition) is 0. The average Bonchev–Trinajstić information content (AvgIpc) is 3.12. The lowest BCUT2D eigenvalue weighted by molar-refractivity contribution is 0.0470. The Morgan fingerprint density at radius 3 is 2.52 bits per heavy atom. The van der Waals surface area contributed by atoms with Gasteiger partial charge < -0.3 is 9.14 Å². The quantitative estimate of drug-likeness (QED) is 0.295. The van der Waals surface area contributed by atoms with Crippen molar-refractivity contribution in [3.63, 3.8) is 0 Å². The summed E-state index contributed by atoms with van der Waals surface area (Å²) in [4.78, 5) is 4.68. The van der Waals surface area contributed by atoms with Crippen molar-refractivity contribution < 1.29 is 13.5 Å². The first-order valence-electron chi connectivity index (χ1n) is 11.8. The predicted octanol–water partition coefficient (Wildman–Crippen LogP) is 7.71. The van der Waals surface area contributed by atoms with Crippen LogP contribution in [-0.4, -0.2) is 22.1 Å². The first kappa shape index (κ1) is 24.8. The molecule has 0 radical (unpaired) electrons. The van der Waals surface area contributed by atoms with Gasteiger partial charge >= 0.3 is 0 Å². The van der Waals surface area contributed by atoms with Crippen LogP contribution in [0.3, 0.4) is 0 Å². The van der Waals surface area contributed by atoms with Gasteiger partial charge in [0, 0.05) is 19.2 Å². The molecular weight excluding hydrogens is 418 g/mol. The van der Waals surface area contributed by atoms with Crippen molar-refractivity contribution >= 4 is 11.2 Å². The van der Waals surface area contributed by atoms with E-state index in [1.165, 1.54) is 12.1 Å². The van der Waals surface area contributed by atoms with E-state index < -0.39 is 11.6 Å². The van der Waals surface area contributed by atoms with Gasteiger partial charge in [-0.15, -0.1) is 0 Å². The lowest BCUT2D eigenvalue weighted by Crippen LogP contribution is -2.18. The van der Waals surface area contributed by atoms with E-state index in [0.29, 0.717) is 29.9 Å². The number of aromatic nitrogens is 2. The van der Waals surface area contributed by atoms with Gasteiger partial charge in [-0.1, -0.05) is 38.5 Å². The number of halogens is 2. The van der Waals surface area contributed by atoms with Crippen LogP contribution in [-0.2, 0) is 11.2 Å². The summed E-state index contributed by atoms with van der Waals surface area (Å²) in [5, 5.41) is 0. The molecule has 0 aliphatic carbocycles. The minimum absolute atomic E-state index is 0.0358. The molecule has 3 nitrogen and oxygen atoms in total. The second-order valence-electron chi connectivity index (χ2n) is 8.52. The molecule has 3 aromatic rings. The van der Waals surface area contributed by atoms with Crippen molar-refractivity contribution in [1.29, 1.82) is 0 Å². The van der Waals surface area contributed by atoms with E-state index in [1.54, 1.807) is 0 Å². The van der Waals surface area contributed by atoms with E-state index in [9.17, 15) is 0 Å². The summed E-state index contributed by atoms with van der Waals surface area (Å²) in [7, 11) is 0. The summed E-state index contributed by atoms with van der Waals surface area (Å²) in [6.45, 7) is 10.6. The minimum atomic E-state index is -0.610. The van der Waals surface area contributed by atoms with Crippen LogP contribution in [0, 0.1) is 18.6 Å². The Hall–Kier alpha value is -2.79. The van der Waals surface area contributed by atoms with E-state index in [0.717, 1.165) is 36.1 Å². The molecule has 5 heteroatoms. The van der Waals surface area contributed by atoms with Crippen LogP contribution < -0.4 is 0 Å². The van der Waals surface area contributed by atoms with Crippen LogP contribution in [0.1, 0.15) is 63.8 Å². The van der Waals surface area contributed by atoms with Crippen molar-refractivity contribution in [2.75, 3.05) is 6.61 Å². The summed E-state index contributed by atoms with van der Waals surface area (Å²) in [6.07, 6.45) is 10.8. The van der Waals surface area contributed by atoms with Crippen LogP contribution in [0.4, 0.5) is 8.78 Å². The van der Waals surface area contributed by atoms with Crippen molar-refractivity contribution in [3.05, 3.63) is 77.1 Å². The van der Waals surface area contributed by atoms with Crippen LogP contribution in [0.5, 0.6) is 0 Å². The Balaban J connectivity index is 2.15. The fraction of sp³-hybridized carbons (Fsp3) is 0.393. The molecular formula is C28H34F2N2O. The Labute approximate surface area is 195 Å². The zero-order valence-electron chi connectivity index (χ0n) is 20.3. The Morgan fingerprint density at radius 2 is 1.88 bits per heavy atom. The Bertz CT molecular complexity index is 1140. The molecule has 0 N–H and O–H groups in total. The summed E-state index contributed by atoms with van der Waals surface area (Å²) in [6, 6.07) is 6.70. The third-order valence-electron chi connectivity index (χ3n) is 5.74. The third kappa shape index (κ3) is 5.77. The first-order chi connectivity index (χ1) is 15.9. The monoisotopic (exact) mass is 452 g/mol. The average molecular weight is 453 g/mol. The van der Waals surface area contributed by atoms with Gasteiger partial charge in [-0.3, -0.25) is 0 Å². The Morgan fingerprint density at radius 1 is 1.15 bits per heavy atom. The number of fused-ring (bicyclic) bond motifs is 1. The van der Waals surface area contributed by atoms with Crippen molar-refractivity contribution in [1.82, 2.24) is 9.38 Å². The number of hydrogen-bond acceptors (Lipinski definition) is 2. The summed E-state index contributed by atoms with van der Waals surface area (Å²) in [5.74, 6) is -1.22. The van der Waals surface area contributed by atoms with E-state index >= 15 is 8.78 Å². The molecule has 0 saturated carbocycles. The van der Waals surface area contributed by atoms with E-state index in [2.05, 4.69) is 18.8 Å². The molecule has 1 aromatic carbocycles. The second-order valence-corrected chi connectivity index (χ2v) is 8.52. The van der Waals surface area contributed by atoms with Crippen LogP contribution in [0.25, 0.3) is 22.5 Å². The number of allylic oxidation sites excluding steroid dienone is 4. The molecule has 3 rings (SSSR count). The number of rotatable bonds is 10. The van der Waals surface area contributed by atoms with Gasteiger partial charge in [0.1, 0.15) is 17.3 Å². The van der Waals surface area contributed by atoms with Gasteiger partial charge in [-0.25, -0.2) is 13.8 Å². The molecule has 0 aliphatic rings. The van der Waals surface area contributed by atoms with Crippen molar-refractivity contribution in [3.8, 4) is 11.3 Å². The van der Waals surface area contributed by atoms with Gasteiger partial charge in [0.15, 0.2) is 0 Å². The van der Waals surface area contributed by atoms with Gasteiger partial charge in [0.05, 0.1) is 23.1 Å². The maximum absolute atomic E-state index is 15.4. The zero-order valence-corrected chi connectivity index (χ0v) is 20.3. The molecule has 2 heterocycles. The SMILES string of the molecule is C/C=C\C=C(/C)c1cc(F)c(-c2nc3cc(C)ccn3c2CC(CCC)OCCC)c(F)c1. The molecule has 0 aliphatic heterocycles. The molecule has 0 bridgehead atoms. The van der Waals surface area contributed by atoms with Crippen LogP contribution >= 0.6 is 0 Å². The molecule has 0 saturated heterocycles. The largest absolute Gasteiger partial charge is 0.378 e. The fourth-order valence-electron chi connectivity index (χ4n) is 4.02. The van der Waals surface area contributed by atoms with Gasteiger partial charge in [0.25, 0.3) is 0 Å². The second kappa shape index (κ2) is 11.4. The number of benzene rings is 1. The standard InChI is InChI=1S/C28H34F2N2O/c1-6-9-11-20(5)21-16-23(29)27(24(30)17-21)28-25(18-22(10-7-2)33-14-8-3)32-13-12-19(4)15-26(32)31-28/h6,9,11-13,15-17,22H,7-8,10,14,18H2,1-5H3/b9-6-,20-11+. The lowest BCUT2D eigenvalue weighted by Gasteiger charge is -2.18. The Kier molecular flexibility index (Phi) is 8.56. The topological polar surface area (TPSA) is 26.5 Å².